The predicted molar refractivity (Wildman–Crippen MR) is 74.7 cm³/mol. The van der Waals surface area contributed by atoms with Crippen LogP contribution in [-0.4, -0.2) is 23.6 Å². The highest BCUT2D eigenvalue weighted by atomic mass is 32.1. The van der Waals surface area contributed by atoms with E-state index < -0.39 is 0 Å². The standard InChI is InChI=1S/C13H23N3S/c1-10(2)14-8-12-9-15-13(17-12)16-7-5-4-6-11(16)3/h9-11,14H,4-8H2,1-3H3. The van der Waals surface area contributed by atoms with E-state index in [4.69, 9.17) is 0 Å². The zero-order valence-corrected chi connectivity index (χ0v) is 11.9. The number of hydrogen-bond acceptors (Lipinski definition) is 4. The van der Waals surface area contributed by atoms with Crippen LogP contribution in [0.4, 0.5) is 5.13 Å². The Bertz CT molecular complexity index is 348. The number of piperidine rings is 1. The van der Waals surface area contributed by atoms with Crippen molar-refractivity contribution >= 4 is 16.5 Å². The molecule has 3 nitrogen and oxygen atoms in total. The molecule has 2 heterocycles. The molecule has 0 aliphatic carbocycles. The monoisotopic (exact) mass is 253 g/mol. The Balaban J connectivity index is 1.97. The first-order chi connectivity index (χ1) is 8.16. The second-order valence-electron chi connectivity index (χ2n) is 5.18. The number of nitrogens with one attached hydrogen (secondary N) is 1. The Morgan fingerprint density at radius 2 is 2.35 bits per heavy atom. The van der Waals surface area contributed by atoms with E-state index in [1.165, 1.54) is 35.8 Å². The molecule has 1 aliphatic heterocycles. The zero-order chi connectivity index (χ0) is 12.3. The first kappa shape index (κ1) is 12.8. The fourth-order valence-electron chi connectivity index (χ4n) is 2.20. The third-order valence-corrected chi connectivity index (χ3v) is 4.31. The smallest absolute Gasteiger partial charge is 0.185 e. The van der Waals surface area contributed by atoms with Gasteiger partial charge in [0.15, 0.2) is 5.13 Å². The molecule has 1 unspecified atom stereocenters. The molecule has 1 atom stereocenters. The molecule has 4 heteroatoms. The molecule has 2 rings (SSSR count). The number of nitrogens with zero attached hydrogens (tertiary/aromatic N) is 2. The van der Waals surface area contributed by atoms with E-state index in [1.54, 1.807) is 0 Å². The lowest BCUT2D eigenvalue weighted by Crippen LogP contribution is -2.37. The highest BCUT2D eigenvalue weighted by molar-refractivity contribution is 7.15. The molecule has 1 aromatic heterocycles. The number of hydrogen-bond donors (Lipinski definition) is 1. The van der Waals surface area contributed by atoms with Crippen molar-refractivity contribution in [2.75, 3.05) is 11.4 Å². The molecule has 1 aromatic rings. The molecule has 0 spiro atoms. The number of rotatable bonds is 4. The molecule has 0 amide bonds. The van der Waals surface area contributed by atoms with Gasteiger partial charge in [-0.1, -0.05) is 13.8 Å². The van der Waals surface area contributed by atoms with Gasteiger partial charge in [0, 0.05) is 36.2 Å². The summed E-state index contributed by atoms with van der Waals surface area (Å²) in [5, 5.41) is 4.65. The summed E-state index contributed by atoms with van der Waals surface area (Å²) in [6, 6.07) is 1.19. The van der Waals surface area contributed by atoms with E-state index in [-0.39, 0.29) is 0 Å². The van der Waals surface area contributed by atoms with E-state index in [1.807, 2.05) is 17.5 Å². The average Bonchev–Trinajstić information content (AvgIpc) is 2.75. The van der Waals surface area contributed by atoms with Crippen molar-refractivity contribution in [3.05, 3.63) is 11.1 Å². The summed E-state index contributed by atoms with van der Waals surface area (Å²) in [6.07, 6.45) is 6.00. The van der Waals surface area contributed by atoms with Crippen LogP contribution in [0.5, 0.6) is 0 Å². The Morgan fingerprint density at radius 3 is 3.06 bits per heavy atom. The van der Waals surface area contributed by atoms with Crippen LogP contribution in [0.2, 0.25) is 0 Å². The van der Waals surface area contributed by atoms with E-state index in [9.17, 15) is 0 Å². The fraction of sp³-hybridized carbons (Fsp3) is 0.769. The molecular weight excluding hydrogens is 230 g/mol. The summed E-state index contributed by atoms with van der Waals surface area (Å²) in [4.78, 5) is 8.38. The van der Waals surface area contributed by atoms with Crippen molar-refractivity contribution < 1.29 is 0 Å². The Hall–Kier alpha value is -0.610. The van der Waals surface area contributed by atoms with E-state index >= 15 is 0 Å². The lowest BCUT2D eigenvalue weighted by atomic mass is 10.1. The van der Waals surface area contributed by atoms with Crippen LogP contribution in [0.3, 0.4) is 0 Å². The Morgan fingerprint density at radius 1 is 1.53 bits per heavy atom. The second kappa shape index (κ2) is 5.83. The number of thiazole rings is 1. The van der Waals surface area contributed by atoms with Crippen LogP contribution >= 0.6 is 11.3 Å². The average molecular weight is 253 g/mol. The van der Waals surface area contributed by atoms with E-state index in [0.29, 0.717) is 12.1 Å². The summed E-state index contributed by atoms with van der Waals surface area (Å²) < 4.78 is 0. The van der Waals surface area contributed by atoms with Crippen LogP contribution < -0.4 is 10.2 Å². The fourth-order valence-corrected chi connectivity index (χ4v) is 3.19. The maximum absolute atomic E-state index is 4.57. The van der Waals surface area contributed by atoms with Crippen molar-refractivity contribution in [1.82, 2.24) is 10.3 Å². The molecule has 0 bridgehead atoms. The Kier molecular flexibility index (Phi) is 4.40. The van der Waals surface area contributed by atoms with Crippen LogP contribution in [0.25, 0.3) is 0 Å². The Labute approximate surface area is 108 Å². The molecular formula is C13H23N3S. The van der Waals surface area contributed by atoms with E-state index in [2.05, 4.69) is 36.0 Å². The van der Waals surface area contributed by atoms with Gasteiger partial charge in [0.05, 0.1) is 0 Å². The summed E-state index contributed by atoms with van der Waals surface area (Å²) in [6.45, 7) is 8.78. The van der Waals surface area contributed by atoms with Gasteiger partial charge < -0.3 is 10.2 Å². The maximum atomic E-state index is 4.57. The van der Waals surface area contributed by atoms with Gasteiger partial charge >= 0.3 is 0 Å². The van der Waals surface area contributed by atoms with Crippen molar-refractivity contribution in [3.8, 4) is 0 Å². The predicted octanol–water partition coefficient (Wildman–Crippen LogP) is 3.02. The summed E-state index contributed by atoms with van der Waals surface area (Å²) in [5.41, 5.74) is 0. The lowest BCUT2D eigenvalue weighted by molar-refractivity contribution is 0.484. The second-order valence-corrected chi connectivity index (χ2v) is 6.28. The minimum Gasteiger partial charge on any atom is -0.345 e. The van der Waals surface area contributed by atoms with Gasteiger partial charge in [0.2, 0.25) is 0 Å². The minimum atomic E-state index is 0.537. The van der Waals surface area contributed by atoms with Gasteiger partial charge in [-0.05, 0) is 26.2 Å². The molecule has 96 valence electrons. The van der Waals surface area contributed by atoms with Gasteiger partial charge in [-0.25, -0.2) is 4.98 Å². The molecule has 0 saturated carbocycles. The molecule has 1 N–H and O–H groups in total. The van der Waals surface area contributed by atoms with Gasteiger partial charge in [-0.2, -0.15) is 0 Å². The molecule has 1 aliphatic rings. The molecule has 1 saturated heterocycles. The maximum Gasteiger partial charge on any atom is 0.185 e. The molecule has 0 radical (unpaired) electrons. The van der Waals surface area contributed by atoms with Crippen LogP contribution in [0.15, 0.2) is 6.20 Å². The third kappa shape index (κ3) is 3.42. The van der Waals surface area contributed by atoms with Gasteiger partial charge in [0.1, 0.15) is 0 Å². The van der Waals surface area contributed by atoms with Crippen molar-refractivity contribution in [1.29, 1.82) is 0 Å². The SMILES string of the molecule is CC(C)NCc1cnc(N2CCCCC2C)s1. The summed E-state index contributed by atoms with van der Waals surface area (Å²) in [7, 11) is 0. The number of anilines is 1. The lowest BCUT2D eigenvalue weighted by Gasteiger charge is -2.33. The highest BCUT2D eigenvalue weighted by Gasteiger charge is 2.20. The van der Waals surface area contributed by atoms with Gasteiger partial charge in [-0.3, -0.25) is 0 Å². The number of aromatic nitrogens is 1. The summed E-state index contributed by atoms with van der Waals surface area (Å²) >= 11 is 1.84. The van der Waals surface area contributed by atoms with Gasteiger partial charge in [0.25, 0.3) is 0 Å². The van der Waals surface area contributed by atoms with Crippen LogP contribution in [0.1, 0.15) is 44.9 Å². The van der Waals surface area contributed by atoms with Crippen LogP contribution in [0, 0.1) is 0 Å². The minimum absolute atomic E-state index is 0.537. The van der Waals surface area contributed by atoms with E-state index in [0.717, 1.165) is 6.54 Å². The highest BCUT2D eigenvalue weighted by Crippen LogP contribution is 2.28. The quantitative estimate of drug-likeness (QED) is 0.894. The molecule has 1 fully saturated rings. The largest absolute Gasteiger partial charge is 0.345 e. The van der Waals surface area contributed by atoms with Crippen molar-refractivity contribution in [2.45, 2.75) is 58.7 Å². The van der Waals surface area contributed by atoms with Crippen molar-refractivity contribution in [2.24, 2.45) is 0 Å². The first-order valence-electron chi connectivity index (χ1n) is 6.61. The first-order valence-corrected chi connectivity index (χ1v) is 7.43. The van der Waals surface area contributed by atoms with Crippen LogP contribution in [-0.2, 0) is 6.54 Å². The normalized spacial score (nSPS) is 21.2. The third-order valence-electron chi connectivity index (χ3n) is 3.27. The summed E-state index contributed by atoms with van der Waals surface area (Å²) in [5.74, 6) is 0. The van der Waals surface area contributed by atoms with Crippen molar-refractivity contribution in [3.63, 3.8) is 0 Å². The van der Waals surface area contributed by atoms with Gasteiger partial charge in [-0.15, -0.1) is 11.3 Å². The molecule has 0 aromatic carbocycles. The zero-order valence-electron chi connectivity index (χ0n) is 11.1. The molecule has 17 heavy (non-hydrogen) atoms. The topological polar surface area (TPSA) is 28.2 Å².